The molecule has 1 aromatic carbocycles. The van der Waals surface area contributed by atoms with E-state index in [0.717, 1.165) is 81.9 Å². The monoisotopic (exact) mass is 504 g/mol. The second kappa shape index (κ2) is 11.7. The van der Waals surface area contributed by atoms with Gasteiger partial charge in [0.1, 0.15) is 11.5 Å². The third kappa shape index (κ3) is 6.12. The molecule has 1 unspecified atom stereocenters. The number of benzene rings is 1. The van der Waals surface area contributed by atoms with Crippen molar-refractivity contribution in [3.63, 3.8) is 0 Å². The Kier molecular flexibility index (Phi) is 9.60. The van der Waals surface area contributed by atoms with Crippen molar-refractivity contribution in [2.45, 2.75) is 13.0 Å². The highest BCUT2D eigenvalue weighted by Gasteiger charge is 2.22. The molecule has 0 saturated carbocycles. The van der Waals surface area contributed by atoms with Gasteiger partial charge in [-0.15, -0.1) is 24.0 Å². The number of nitrogens with zero attached hydrogens (tertiary/aromatic N) is 3. The predicted molar refractivity (Wildman–Crippen MR) is 122 cm³/mol. The first-order valence-electron chi connectivity index (χ1n) is 9.70. The van der Waals surface area contributed by atoms with Gasteiger partial charge in [0.15, 0.2) is 5.96 Å². The fourth-order valence-electron chi connectivity index (χ4n) is 3.68. The number of hydrogen-bond acceptors (Lipinski definition) is 5. The summed E-state index contributed by atoms with van der Waals surface area (Å²) in [6.07, 6.45) is 1.14. The molecule has 0 bridgehead atoms. The zero-order valence-corrected chi connectivity index (χ0v) is 19.5. The molecular formula is C20H33IN4O3. The highest BCUT2D eigenvalue weighted by atomic mass is 127. The Hall–Kier alpha value is -1.26. The van der Waals surface area contributed by atoms with E-state index >= 15 is 0 Å². The highest BCUT2D eigenvalue weighted by Crippen LogP contribution is 2.25. The molecule has 0 radical (unpaired) electrons. The van der Waals surface area contributed by atoms with E-state index in [1.165, 1.54) is 0 Å². The Morgan fingerprint density at radius 2 is 2.00 bits per heavy atom. The summed E-state index contributed by atoms with van der Waals surface area (Å²) in [5.74, 6) is 3.38. The number of ether oxygens (including phenoxy) is 3. The van der Waals surface area contributed by atoms with E-state index in [4.69, 9.17) is 14.2 Å². The number of aliphatic imine (C=N–C) groups is 1. The molecular weight excluding hydrogens is 471 g/mol. The molecule has 2 fully saturated rings. The van der Waals surface area contributed by atoms with Crippen LogP contribution in [0.4, 0.5) is 0 Å². The smallest absolute Gasteiger partial charge is 0.193 e. The average Bonchev–Trinajstić information content (AvgIpc) is 3.23. The van der Waals surface area contributed by atoms with E-state index in [2.05, 4.69) is 26.2 Å². The second-order valence-electron chi connectivity index (χ2n) is 7.10. The lowest BCUT2D eigenvalue weighted by Crippen LogP contribution is -2.52. The van der Waals surface area contributed by atoms with Crippen LogP contribution in [0.25, 0.3) is 0 Å². The first-order valence-corrected chi connectivity index (χ1v) is 9.70. The third-order valence-corrected chi connectivity index (χ3v) is 5.34. The second-order valence-corrected chi connectivity index (χ2v) is 7.10. The summed E-state index contributed by atoms with van der Waals surface area (Å²) in [5, 5.41) is 3.52. The van der Waals surface area contributed by atoms with Crippen LogP contribution in [0.15, 0.2) is 23.2 Å². The van der Waals surface area contributed by atoms with Crippen LogP contribution in [0.3, 0.4) is 0 Å². The van der Waals surface area contributed by atoms with Crippen molar-refractivity contribution >= 4 is 29.9 Å². The fourth-order valence-corrected chi connectivity index (χ4v) is 3.68. The van der Waals surface area contributed by atoms with Gasteiger partial charge in [0, 0.05) is 64.4 Å². The van der Waals surface area contributed by atoms with E-state index in [-0.39, 0.29) is 24.0 Å². The third-order valence-electron chi connectivity index (χ3n) is 5.34. The van der Waals surface area contributed by atoms with E-state index in [1.807, 2.05) is 19.2 Å². The average molecular weight is 504 g/mol. The summed E-state index contributed by atoms with van der Waals surface area (Å²) in [6.45, 7) is 7.46. The lowest BCUT2D eigenvalue weighted by atomic mass is 10.1. The Labute approximate surface area is 185 Å². The molecule has 7 nitrogen and oxygen atoms in total. The lowest BCUT2D eigenvalue weighted by Gasteiger charge is -2.37. The number of halogens is 1. The molecule has 3 rings (SSSR count). The van der Waals surface area contributed by atoms with E-state index in [0.29, 0.717) is 5.92 Å². The van der Waals surface area contributed by atoms with E-state index in [9.17, 15) is 0 Å². The molecule has 0 aromatic heterocycles. The van der Waals surface area contributed by atoms with Gasteiger partial charge >= 0.3 is 0 Å². The molecule has 1 N–H and O–H groups in total. The molecule has 2 heterocycles. The minimum absolute atomic E-state index is 0. The van der Waals surface area contributed by atoms with Gasteiger partial charge in [-0.05, 0) is 24.6 Å². The topological polar surface area (TPSA) is 58.6 Å². The van der Waals surface area contributed by atoms with Crippen molar-refractivity contribution in [2.75, 3.05) is 67.2 Å². The van der Waals surface area contributed by atoms with Crippen LogP contribution in [0.1, 0.15) is 12.0 Å². The summed E-state index contributed by atoms with van der Waals surface area (Å²) < 4.78 is 16.3. The molecule has 2 aliphatic heterocycles. The molecule has 1 atom stereocenters. The molecule has 0 amide bonds. The molecule has 0 aliphatic carbocycles. The van der Waals surface area contributed by atoms with Gasteiger partial charge < -0.3 is 24.4 Å². The standard InChI is InChI=1S/C20H32N4O3.HI/c1-21-20(22-13-16-6-11-27-15-16)24-9-7-23(8-10-24)14-17-12-18(25-2)4-5-19(17)26-3;/h4-5,12,16H,6-11,13-15H2,1-3H3,(H,21,22);1H. The van der Waals surface area contributed by atoms with Crippen LogP contribution in [-0.4, -0.2) is 83.0 Å². The van der Waals surface area contributed by atoms with Crippen LogP contribution < -0.4 is 14.8 Å². The van der Waals surface area contributed by atoms with Gasteiger partial charge in [0.2, 0.25) is 0 Å². The Morgan fingerprint density at radius 3 is 2.61 bits per heavy atom. The van der Waals surface area contributed by atoms with Crippen molar-refractivity contribution in [3.8, 4) is 11.5 Å². The van der Waals surface area contributed by atoms with Crippen LogP contribution >= 0.6 is 24.0 Å². The van der Waals surface area contributed by atoms with Crippen molar-refractivity contribution in [2.24, 2.45) is 10.9 Å². The van der Waals surface area contributed by atoms with Gasteiger partial charge in [-0.25, -0.2) is 0 Å². The van der Waals surface area contributed by atoms with E-state index in [1.54, 1.807) is 14.2 Å². The van der Waals surface area contributed by atoms with Crippen molar-refractivity contribution in [1.82, 2.24) is 15.1 Å². The van der Waals surface area contributed by atoms with Gasteiger partial charge in [-0.3, -0.25) is 9.89 Å². The summed E-state index contributed by atoms with van der Waals surface area (Å²) in [7, 11) is 5.27. The van der Waals surface area contributed by atoms with Crippen LogP contribution in [-0.2, 0) is 11.3 Å². The van der Waals surface area contributed by atoms with Gasteiger partial charge in [-0.1, -0.05) is 0 Å². The predicted octanol–water partition coefficient (Wildman–Crippen LogP) is 2.05. The molecule has 0 spiro atoms. The first-order chi connectivity index (χ1) is 13.2. The number of rotatable bonds is 6. The SMILES string of the molecule is CN=C(NCC1CCOC1)N1CCN(Cc2cc(OC)ccc2OC)CC1.I. The van der Waals surface area contributed by atoms with E-state index < -0.39 is 0 Å². The van der Waals surface area contributed by atoms with Crippen molar-refractivity contribution in [3.05, 3.63) is 23.8 Å². The van der Waals surface area contributed by atoms with Crippen molar-refractivity contribution in [1.29, 1.82) is 0 Å². The summed E-state index contributed by atoms with van der Waals surface area (Å²) in [6, 6.07) is 5.98. The fraction of sp³-hybridized carbons (Fsp3) is 0.650. The Balaban J connectivity index is 0.00000280. The molecule has 158 valence electrons. The quantitative estimate of drug-likeness (QED) is 0.364. The van der Waals surface area contributed by atoms with Crippen LogP contribution in [0.5, 0.6) is 11.5 Å². The largest absolute Gasteiger partial charge is 0.497 e. The van der Waals surface area contributed by atoms with Gasteiger partial charge in [0.05, 0.1) is 20.8 Å². The van der Waals surface area contributed by atoms with Gasteiger partial charge in [0.25, 0.3) is 0 Å². The Morgan fingerprint density at radius 1 is 1.21 bits per heavy atom. The maximum absolute atomic E-state index is 5.51. The lowest BCUT2D eigenvalue weighted by molar-refractivity contribution is 0.169. The zero-order chi connectivity index (χ0) is 19.1. The maximum Gasteiger partial charge on any atom is 0.193 e. The summed E-state index contributed by atoms with van der Waals surface area (Å²) in [5.41, 5.74) is 1.16. The summed E-state index contributed by atoms with van der Waals surface area (Å²) >= 11 is 0. The number of methoxy groups -OCH3 is 2. The maximum atomic E-state index is 5.51. The molecule has 1 aromatic rings. The Bertz CT molecular complexity index is 630. The first kappa shape index (κ1) is 23.0. The minimum Gasteiger partial charge on any atom is -0.497 e. The molecule has 8 heteroatoms. The van der Waals surface area contributed by atoms with Gasteiger partial charge in [-0.2, -0.15) is 0 Å². The molecule has 2 saturated heterocycles. The molecule has 2 aliphatic rings. The number of hydrogen-bond donors (Lipinski definition) is 1. The number of nitrogens with one attached hydrogen (secondary N) is 1. The highest BCUT2D eigenvalue weighted by molar-refractivity contribution is 14.0. The van der Waals surface area contributed by atoms with Crippen LogP contribution in [0, 0.1) is 5.92 Å². The minimum atomic E-state index is 0. The van der Waals surface area contributed by atoms with Crippen LogP contribution in [0.2, 0.25) is 0 Å². The number of guanidine groups is 1. The summed E-state index contributed by atoms with van der Waals surface area (Å²) in [4.78, 5) is 9.26. The normalized spacial score (nSPS) is 20.6. The number of piperazine rings is 1. The zero-order valence-electron chi connectivity index (χ0n) is 17.1. The van der Waals surface area contributed by atoms with Crippen molar-refractivity contribution < 1.29 is 14.2 Å². The molecule has 28 heavy (non-hydrogen) atoms.